The van der Waals surface area contributed by atoms with Crippen LogP contribution in [0.5, 0.6) is 0 Å². The van der Waals surface area contributed by atoms with Crippen LogP contribution in [-0.2, 0) is 4.79 Å². The summed E-state index contributed by atoms with van der Waals surface area (Å²) in [4.78, 5) is 15.3. The quantitative estimate of drug-likeness (QED) is 0.484. The summed E-state index contributed by atoms with van der Waals surface area (Å²) < 4.78 is 15.5. The first-order valence-corrected chi connectivity index (χ1v) is 12.3. The lowest BCUT2D eigenvalue weighted by atomic mass is 10.1. The second-order valence-electron chi connectivity index (χ2n) is 8.37. The number of halogens is 1. The van der Waals surface area contributed by atoms with Crippen LogP contribution in [0.1, 0.15) is 50.5 Å². The van der Waals surface area contributed by atoms with Gasteiger partial charge in [-0.2, -0.15) is 5.26 Å². The van der Waals surface area contributed by atoms with Crippen molar-refractivity contribution in [3.05, 3.63) is 65.7 Å². The number of piperidine rings is 1. The van der Waals surface area contributed by atoms with Gasteiger partial charge in [0.2, 0.25) is 5.91 Å². The second kappa shape index (κ2) is 10.8. The monoisotopic (exact) mass is 478 g/mol. The predicted octanol–water partition coefficient (Wildman–Crippen LogP) is 4.94. The van der Waals surface area contributed by atoms with Gasteiger partial charge in [0.15, 0.2) is 11.0 Å². The molecule has 1 amide bonds. The first-order valence-electron chi connectivity index (χ1n) is 11.4. The van der Waals surface area contributed by atoms with Gasteiger partial charge in [-0.3, -0.25) is 14.3 Å². The van der Waals surface area contributed by atoms with Crippen molar-refractivity contribution in [3.8, 4) is 11.8 Å². The normalized spacial score (nSPS) is 15.9. The van der Waals surface area contributed by atoms with Crippen molar-refractivity contribution in [2.45, 2.75) is 49.6 Å². The van der Waals surface area contributed by atoms with Crippen molar-refractivity contribution in [1.82, 2.24) is 19.7 Å². The maximum atomic E-state index is 13.6. The largest absolute Gasteiger partial charge is 0.325 e. The Morgan fingerprint density at radius 3 is 2.56 bits per heavy atom. The van der Waals surface area contributed by atoms with Crippen molar-refractivity contribution in [3.63, 3.8) is 0 Å². The number of nitrogens with one attached hydrogen (secondary N) is 1. The van der Waals surface area contributed by atoms with Gasteiger partial charge in [-0.15, -0.1) is 10.2 Å². The van der Waals surface area contributed by atoms with Gasteiger partial charge < -0.3 is 5.32 Å². The van der Waals surface area contributed by atoms with Gasteiger partial charge in [0.25, 0.3) is 0 Å². The topological polar surface area (TPSA) is 86.8 Å². The minimum Gasteiger partial charge on any atom is -0.325 e. The molecule has 4 rings (SSSR count). The summed E-state index contributed by atoms with van der Waals surface area (Å²) in [6.45, 7) is 5.91. The van der Waals surface area contributed by atoms with Crippen LogP contribution in [0.2, 0.25) is 0 Å². The van der Waals surface area contributed by atoms with E-state index in [2.05, 4.69) is 33.4 Å². The third kappa shape index (κ3) is 5.46. The molecule has 1 fully saturated rings. The summed E-state index contributed by atoms with van der Waals surface area (Å²) in [6.07, 6.45) is 3.54. The molecule has 2 aromatic carbocycles. The Bertz CT molecular complexity index is 1180. The highest BCUT2D eigenvalue weighted by atomic mass is 32.2. The van der Waals surface area contributed by atoms with Crippen LogP contribution in [0, 0.1) is 17.1 Å². The van der Waals surface area contributed by atoms with E-state index in [1.54, 1.807) is 43.3 Å². The molecule has 0 radical (unpaired) electrons. The molecular formula is C25H27FN6OS. The van der Waals surface area contributed by atoms with Crippen molar-refractivity contribution in [2.24, 2.45) is 0 Å². The Kier molecular flexibility index (Phi) is 7.60. The average Bonchev–Trinajstić information content (AvgIpc) is 3.28. The molecule has 0 saturated carbocycles. The molecule has 1 aliphatic rings. The molecule has 3 aromatic rings. The number of carbonyl (C=O) groups excluding carboxylic acids is 1. The summed E-state index contributed by atoms with van der Waals surface area (Å²) >= 11 is 1.29. The molecule has 2 unspecified atom stereocenters. The highest BCUT2D eigenvalue weighted by Gasteiger charge is 2.27. The predicted molar refractivity (Wildman–Crippen MR) is 130 cm³/mol. The number of thioether (sulfide) groups is 1. The number of benzene rings is 2. The molecule has 1 aromatic heterocycles. The molecule has 176 valence electrons. The first-order chi connectivity index (χ1) is 16.5. The average molecular weight is 479 g/mol. The Balaban J connectivity index is 1.59. The zero-order valence-corrected chi connectivity index (χ0v) is 20.1. The molecule has 1 aliphatic heterocycles. The highest BCUT2D eigenvalue weighted by molar-refractivity contribution is 8.00. The molecule has 9 heteroatoms. The second-order valence-corrected chi connectivity index (χ2v) is 9.68. The SMILES string of the molecule is CC(Sc1nnc(C(C)N2CCCCC2)n1-c1ccc(F)cc1)C(=O)Nc1cccc(C#N)c1. The number of amides is 1. The minimum absolute atomic E-state index is 0.0325. The zero-order chi connectivity index (χ0) is 24.1. The fourth-order valence-electron chi connectivity index (χ4n) is 4.05. The van der Waals surface area contributed by atoms with Crippen LogP contribution >= 0.6 is 11.8 Å². The number of anilines is 1. The summed E-state index contributed by atoms with van der Waals surface area (Å²) in [6, 6.07) is 15.1. The van der Waals surface area contributed by atoms with E-state index in [1.807, 2.05) is 4.57 Å². The van der Waals surface area contributed by atoms with Crippen LogP contribution in [0.15, 0.2) is 53.7 Å². The van der Waals surface area contributed by atoms with Crippen molar-refractivity contribution < 1.29 is 9.18 Å². The van der Waals surface area contributed by atoms with Crippen LogP contribution in [0.3, 0.4) is 0 Å². The summed E-state index contributed by atoms with van der Waals surface area (Å²) in [5.74, 6) is 0.244. The molecule has 1 N–H and O–H groups in total. The van der Waals surface area contributed by atoms with Crippen LogP contribution in [0.4, 0.5) is 10.1 Å². The van der Waals surface area contributed by atoms with E-state index in [9.17, 15) is 9.18 Å². The van der Waals surface area contributed by atoms with Gasteiger partial charge in [-0.25, -0.2) is 4.39 Å². The van der Waals surface area contributed by atoms with Gasteiger partial charge >= 0.3 is 0 Å². The van der Waals surface area contributed by atoms with Crippen LogP contribution < -0.4 is 5.32 Å². The first kappa shape index (κ1) is 23.9. The number of rotatable bonds is 7. The molecule has 2 heterocycles. The number of nitrogens with zero attached hydrogens (tertiary/aromatic N) is 5. The molecule has 0 spiro atoms. The number of carbonyl (C=O) groups is 1. The Hall–Kier alpha value is -3.22. The fourth-order valence-corrected chi connectivity index (χ4v) is 4.93. The van der Waals surface area contributed by atoms with E-state index in [1.165, 1.54) is 30.3 Å². The molecule has 1 saturated heterocycles. The van der Waals surface area contributed by atoms with E-state index in [-0.39, 0.29) is 17.8 Å². The summed E-state index contributed by atoms with van der Waals surface area (Å²) in [5, 5.41) is 21.0. The Morgan fingerprint density at radius 2 is 1.85 bits per heavy atom. The van der Waals surface area contributed by atoms with E-state index < -0.39 is 5.25 Å². The zero-order valence-electron chi connectivity index (χ0n) is 19.2. The van der Waals surface area contributed by atoms with Crippen molar-refractivity contribution >= 4 is 23.4 Å². The van der Waals surface area contributed by atoms with Crippen LogP contribution in [0.25, 0.3) is 5.69 Å². The van der Waals surface area contributed by atoms with Gasteiger partial charge in [0.05, 0.1) is 22.9 Å². The molecule has 34 heavy (non-hydrogen) atoms. The lowest BCUT2D eigenvalue weighted by molar-refractivity contribution is -0.115. The van der Waals surface area contributed by atoms with E-state index in [0.717, 1.165) is 37.4 Å². The highest BCUT2D eigenvalue weighted by Crippen LogP contribution is 2.31. The number of hydrogen-bond donors (Lipinski definition) is 1. The molecule has 0 aliphatic carbocycles. The van der Waals surface area contributed by atoms with Gasteiger partial charge in [0.1, 0.15) is 5.82 Å². The third-order valence-corrected chi connectivity index (χ3v) is 7.01. The lowest BCUT2D eigenvalue weighted by Crippen LogP contribution is -2.33. The van der Waals surface area contributed by atoms with Crippen LogP contribution in [-0.4, -0.2) is 43.9 Å². The number of aromatic nitrogens is 3. The summed E-state index contributed by atoms with van der Waals surface area (Å²) in [7, 11) is 0. The van der Waals surface area contributed by atoms with Gasteiger partial charge in [0, 0.05) is 11.4 Å². The standard InChI is InChI=1S/C25H27FN6OS/c1-17(31-13-4-3-5-14-31)23-29-30-25(32(23)22-11-9-20(26)10-12-22)34-18(2)24(33)28-21-8-6-7-19(15-21)16-27/h6-12,15,17-18H,3-5,13-14H2,1-2H3,(H,28,33). The maximum Gasteiger partial charge on any atom is 0.237 e. The summed E-state index contributed by atoms with van der Waals surface area (Å²) in [5.41, 5.74) is 1.79. The smallest absolute Gasteiger partial charge is 0.237 e. The Morgan fingerprint density at radius 1 is 1.12 bits per heavy atom. The van der Waals surface area contributed by atoms with Gasteiger partial charge in [-0.1, -0.05) is 24.2 Å². The van der Waals surface area contributed by atoms with E-state index in [0.29, 0.717) is 16.4 Å². The molecule has 7 nitrogen and oxygen atoms in total. The third-order valence-electron chi connectivity index (χ3n) is 5.97. The Labute approximate surface area is 203 Å². The van der Waals surface area contributed by atoms with Crippen molar-refractivity contribution in [1.29, 1.82) is 5.26 Å². The van der Waals surface area contributed by atoms with Crippen molar-refractivity contribution in [2.75, 3.05) is 18.4 Å². The fraction of sp³-hybridized carbons (Fsp3) is 0.360. The minimum atomic E-state index is -0.479. The maximum absolute atomic E-state index is 13.6. The molecular weight excluding hydrogens is 451 g/mol. The lowest BCUT2D eigenvalue weighted by Gasteiger charge is -2.32. The molecule has 2 atom stereocenters. The molecule has 0 bridgehead atoms. The van der Waals surface area contributed by atoms with E-state index >= 15 is 0 Å². The van der Waals surface area contributed by atoms with E-state index in [4.69, 9.17) is 5.26 Å². The number of nitriles is 1. The van der Waals surface area contributed by atoms with Gasteiger partial charge in [-0.05, 0) is 82.2 Å². The number of likely N-dealkylation sites (tertiary alicyclic amines) is 1. The number of hydrogen-bond acceptors (Lipinski definition) is 6.